The molecule has 3 amide bonds. The number of amides is 3. The summed E-state index contributed by atoms with van der Waals surface area (Å²) in [5, 5.41) is 2.73. The van der Waals surface area contributed by atoms with Gasteiger partial charge in [-0.05, 0) is 68.4 Å². The molecule has 3 rings (SSSR count). The Balaban J connectivity index is 1.68. The van der Waals surface area contributed by atoms with Crippen LogP contribution in [0.5, 0.6) is 0 Å². The summed E-state index contributed by atoms with van der Waals surface area (Å²) >= 11 is 0. The van der Waals surface area contributed by atoms with Gasteiger partial charge in [-0.2, -0.15) is 0 Å². The fraction of sp³-hybridized carbons (Fsp3) is 0.440. The highest BCUT2D eigenvalue weighted by Gasteiger charge is 2.26. The largest absolute Gasteiger partial charge is 0.335 e. The number of benzene rings is 2. The van der Waals surface area contributed by atoms with Gasteiger partial charge in [0.15, 0.2) is 0 Å². The molecule has 202 valence electrons. The lowest BCUT2D eigenvalue weighted by Gasteiger charge is -2.26. The van der Waals surface area contributed by atoms with Crippen molar-refractivity contribution < 1.29 is 26.4 Å². The molecule has 0 spiro atoms. The van der Waals surface area contributed by atoms with Gasteiger partial charge in [-0.15, -0.1) is 0 Å². The van der Waals surface area contributed by atoms with Crippen LogP contribution in [-0.4, -0.2) is 41.9 Å². The molecule has 1 saturated carbocycles. The van der Waals surface area contributed by atoms with E-state index in [0.29, 0.717) is 11.5 Å². The van der Waals surface area contributed by atoms with E-state index in [-0.39, 0.29) is 27.4 Å². The zero-order valence-electron chi connectivity index (χ0n) is 21.4. The molecule has 1 aliphatic rings. The number of nitrogens with one attached hydrogen (secondary N) is 3. The van der Waals surface area contributed by atoms with E-state index in [1.807, 2.05) is 4.72 Å². The van der Waals surface area contributed by atoms with Crippen molar-refractivity contribution in [2.45, 2.75) is 68.3 Å². The average molecular weight is 551 g/mol. The van der Waals surface area contributed by atoms with Gasteiger partial charge >= 0.3 is 6.03 Å². The minimum atomic E-state index is -4.10. The molecule has 2 aromatic rings. The molecule has 0 aromatic heterocycles. The van der Waals surface area contributed by atoms with Gasteiger partial charge in [-0.1, -0.05) is 31.2 Å². The van der Waals surface area contributed by atoms with Crippen LogP contribution in [0.2, 0.25) is 0 Å². The molecule has 1 atom stereocenters. The second-order valence-corrected chi connectivity index (χ2v) is 12.9. The van der Waals surface area contributed by atoms with Gasteiger partial charge in [0.1, 0.15) is 4.90 Å². The van der Waals surface area contributed by atoms with Gasteiger partial charge in [0, 0.05) is 26.1 Å². The van der Waals surface area contributed by atoms with E-state index in [1.54, 1.807) is 19.1 Å². The summed E-state index contributed by atoms with van der Waals surface area (Å²) in [6.07, 6.45) is 3.60. The lowest BCUT2D eigenvalue weighted by atomic mass is 9.87. The Kier molecular flexibility index (Phi) is 8.98. The van der Waals surface area contributed by atoms with E-state index in [1.165, 1.54) is 55.3 Å². The lowest BCUT2D eigenvalue weighted by Crippen LogP contribution is -2.45. The Morgan fingerprint density at radius 3 is 2.11 bits per heavy atom. The molecule has 0 heterocycles. The van der Waals surface area contributed by atoms with E-state index < -0.39 is 32.1 Å². The van der Waals surface area contributed by atoms with Crippen LogP contribution < -0.4 is 19.7 Å². The fourth-order valence-electron chi connectivity index (χ4n) is 4.23. The molecule has 0 bridgehead atoms. The molecule has 37 heavy (non-hydrogen) atoms. The zero-order chi connectivity index (χ0) is 27.4. The molecule has 0 aliphatic heterocycles. The molecule has 0 saturated heterocycles. The minimum Gasteiger partial charge on any atom is -0.335 e. The van der Waals surface area contributed by atoms with Gasteiger partial charge in [-0.3, -0.25) is 4.79 Å². The van der Waals surface area contributed by atoms with E-state index in [0.717, 1.165) is 25.7 Å². The smallest absolute Gasteiger partial charge is 0.328 e. The maximum Gasteiger partial charge on any atom is 0.328 e. The van der Waals surface area contributed by atoms with E-state index in [9.17, 15) is 26.4 Å². The van der Waals surface area contributed by atoms with Crippen LogP contribution in [0.25, 0.3) is 0 Å². The van der Waals surface area contributed by atoms with Crippen LogP contribution in [0.3, 0.4) is 0 Å². The number of rotatable bonds is 8. The van der Waals surface area contributed by atoms with Gasteiger partial charge in [0.25, 0.3) is 10.0 Å². The van der Waals surface area contributed by atoms with Crippen molar-refractivity contribution in [3.05, 3.63) is 54.1 Å². The van der Waals surface area contributed by atoms with Gasteiger partial charge in [-0.25, -0.2) is 31.1 Å². The number of carbonyl (C=O) groups is 2. The van der Waals surface area contributed by atoms with Crippen LogP contribution in [0.1, 0.15) is 58.1 Å². The second-order valence-electron chi connectivity index (χ2n) is 9.49. The molecule has 12 heteroatoms. The summed E-state index contributed by atoms with van der Waals surface area (Å²) in [6.45, 7) is 5.11. The number of hydrogen-bond donors (Lipinski definition) is 3. The number of anilines is 1. The molecule has 3 N–H and O–H groups in total. The average Bonchev–Trinajstić information content (AvgIpc) is 2.84. The van der Waals surface area contributed by atoms with Crippen LogP contribution in [0.15, 0.2) is 58.3 Å². The molecule has 0 radical (unpaired) electrons. The molecule has 1 aliphatic carbocycles. The van der Waals surface area contributed by atoms with Crippen molar-refractivity contribution in [2.24, 2.45) is 5.92 Å². The quantitative estimate of drug-likeness (QED) is 0.461. The predicted molar refractivity (Wildman–Crippen MR) is 141 cm³/mol. The van der Waals surface area contributed by atoms with Crippen LogP contribution in [-0.2, 0) is 24.8 Å². The summed E-state index contributed by atoms with van der Waals surface area (Å²) < 4.78 is 56.1. The molecule has 1 fully saturated rings. The predicted octanol–water partition coefficient (Wildman–Crippen LogP) is 3.28. The summed E-state index contributed by atoms with van der Waals surface area (Å²) in [6, 6.07) is 10.2. The highest BCUT2D eigenvalue weighted by atomic mass is 32.2. The zero-order valence-corrected chi connectivity index (χ0v) is 23.0. The third-order valence-corrected chi connectivity index (χ3v) is 9.52. The summed E-state index contributed by atoms with van der Waals surface area (Å²) in [7, 11) is -6.63. The Bertz CT molecular complexity index is 1340. The molecular weight excluding hydrogens is 516 g/mol. The van der Waals surface area contributed by atoms with Gasteiger partial charge in [0.05, 0.1) is 10.6 Å². The summed E-state index contributed by atoms with van der Waals surface area (Å²) in [5.74, 6) is 0.287. The summed E-state index contributed by atoms with van der Waals surface area (Å²) in [4.78, 5) is 25.1. The number of carbonyl (C=O) groups excluding carboxylic acids is 2. The first-order valence-electron chi connectivity index (χ1n) is 12.1. The monoisotopic (exact) mass is 550 g/mol. The highest BCUT2D eigenvalue weighted by Crippen LogP contribution is 2.27. The van der Waals surface area contributed by atoms with Crippen LogP contribution in [0, 0.1) is 5.92 Å². The van der Waals surface area contributed by atoms with Crippen LogP contribution >= 0.6 is 0 Å². The Morgan fingerprint density at radius 1 is 0.919 bits per heavy atom. The molecule has 2 aromatic carbocycles. The van der Waals surface area contributed by atoms with E-state index in [2.05, 4.69) is 17.0 Å². The third kappa shape index (κ3) is 7.30. The Hall–Kier alpha value is -2.96. The Morgan fingerprint density at radius 2 is 1.51 bits per heavy atom. The number of urea groups is 1. The van der Waals surface area contributed by atoms with Crippen molar-refractivity contribution in [3.63, 3.8) is 0 Å². The maximum absolute atomic E-state index is 13.1. The third-order valence-electron chi connectivity index (χ3n) is 6.59. The number of para-hydroxylation sites is 1. The first kappa shape index (κ1) is 28.6. The highest BCUT2D eigenvalue weighted by molar-refractivity contribution is 7.90. The van der Waals surface area contributed by atoms with Gasteiger partial charge in [0.2, 0.25) is 15.9 Å². The lowest BCUT2D eigenvalue weighted by molar-refractivity contribution is -0.116. The molecule has 10 nitrogen and oxygen atoms in total. The molecule has 1 unspecified atom stereocenters. The van der Waals surface area contributed by atoms with Crippen molar-refractivity contribution in [1.82, 2.24) is 14.8 Å². The first-order chi connectivity index (χ1) is 17.3. The number of hydrogen-bond acceptors (Lipinski definition) is 6. The van der Waals surface area contributed by atoms with Crippen molar-refractivity contribution >= 4 is 37.7 Å². The topological polar surface area (TPSA) is 142 Å². The number of nitrogens with zero attached hydrogens (tertiary/aromatic N) is 1. The maximum atomic E-state index is 13.1. The fourth-order valence-corrected chi connectivity index (χ4v) is 6.61. The van der Waals surface area contributed by atoms with E-state index >= 15 is 0 Å². The van der Waals surface area contributed by atoms with Crippen molar-refractivity contribution in [1.29, 1.82) is 0 Å². The standard InChI is InChI=1S/C25H34N4O6S2/c1-17-9-13-21(14-10-17)26-25(31)28-36(32,33)22-15-11-20(12-16-22)18(2)27-37(34,35)24-8-6-5-7-23(24)29(4)19(3)30/h5-8,11-12,15-18,21,27H,9-10,13-14H2,1-4H3,(H2,26,28,31). The second kappa shape index (κ2) is 11.6. The Labute approximate surface area is 218 Å². The van der Waals surface area contributed by atoms with Crippen molar-refractivity contribution in [3.8, 4) is 0 Å². The van der Waals surface area contributed by atoms with Gasteiger partial charge < -0.3 is 10.2 Å². The number of sulfonamides is 2. The van der Waals surface area contributed by atoms with Crippen molar-refractivity contribution in [2.75, 3.05) is 11.9 Å². The van der Waals surface area contributed by atoms with Crippen LogP contribution in [0.4, 0.5) is 10.5 Å². The molecular formula is C25H34N4O6S2. The summed E-state index contributed by atoms with van der Waals surface area (Å²) in [5.41, 5.74) is 0.754. The SMILES string of the molecule is CC(=O)N(C)c1ccccc1S(=O)(=O)NC(C)c1ccc(S(=O)(=O)NC(=O)NC2CCC(C)CC2)cc1. The van der Waals surface area contributed by atoms with E-state index in [4.69, 9.17) is 0 Å². The normalized spacial score (nSPS) is 19.0. The first-order valence-corrected chi connectivity index (χ1v) is 15.1. The minimum absolute atomic E-state index is 0.0528.